The van der Waals surface area contributed by atoms with Crippen molar-refractivity contribution in [1.29, 1.82) is 0 Å². The van der Waals surface area contributed by atoms with Gasteiger partial charge in [0, 0.05) is 30.2 Å². The number of anilines is 1. The van der Waals surface area contributed by atoms with Crippen LogP contribution in [0.1, 0.15) is 36.4 Å². The largest absolute Gasteiger partial charge is 0.341 e. The Morgan fingerprint density at radius 2 is 1.83 bits per heavy atom. The molecule has 4 rings (SSSR count). The average Bonchev–Trinajstić information content (AvgIpc) is 2.79. The van der Waals surface area contributed by atoms with Crippen LogP contribution in [-0.4, -0.2) is 54.0 Å². The molecule has 5 nitrogen and oxygen atoms in total. The lowest BCUT2D eigenvalue weighted by Crippen LogP contribution is -2.49. The maximum absolute atomic E-state index is 13.5. The first-order chi connectivity index (χ1) is 14.7. The topological polar surface area (TPSA) is 52.7 Å². The molecule has 0 aromatic heterocycles. The summed E-state index contributed by atoms with van der Waals surface area (Å²) in [5, 5.41) is 3.01. The van der Waals surface area contributed by atoms with Gasteiger partial charge in [-0.25, -0.2) is 0 Å². The molecule has 6 heteroatoms. The molecule has 2 aromatic rings. The SMILES string of the molecule is CSc1cccc(NC(=O)CN2CCc3ccccc3[C@H]2C(=O)N2CCCCC2)c1. The molecular formula is C24H29N3O2S. The Hall–Kier alpha value is -2.31. The molecule has 2 aliphatic rings. The number of carbonyl (C=O) groups excluding carboxylic acids is 2. The molecule has 0 saturated carbocycles. The third kappa shape index (κ3) is 4.71. The quantitative estimate of drug-likeness (QED) is 0.740. The van der Waals surface area contributed by atoms with Gasteiger partial charge >= 0.3 is 0 Å². The summed E-state index contributed by atoms with van der Waals surface area (Å²) in [4.78, 5) is 31.5. The Labute approximate surface area is 182 Å². The van der Waals surface area contributed by atoms with Gasteiger partial charge in [-0.2, -0.15) is 0 Å². The predicted molar refractivity (Wildman–Crippen MR) is 122 cm³/mol. The van der Waals surface area contributed by atoms with E-state index in [-0.39, 0.29) is 24.4 Å². The lowest BCUT2D eigenvalue weighted by atomic mass is 9.91. The van der Waals surface area contributed by atoms with E-state index in [2.05, 4.69) is 11.4 Å². The van der Waals surface area contributed by atoms with Crippen molar-refractivity contribution in [2.75, 3.05) is 37.8 Å². The lowest BCUT2D eigenvalue weighted by molar-refractivity contribution is -0.139. The summed E-state index contributed by atoms with van der Waals surface area (Å²) in [5.41, 5.74) is 3.07. The van der Waals surface area contributed by atoms with E-state index in [1.165, 1.54) is 12.0 Å². The molecule has 1 atom stereocenters. The van der Waals surface area contributed by atoms with Gasteiger partial charge in [0.05, 0.1) is 6.54 Å². The first-order valence-electron chi connectivity index (χ1n) is 10.7. The van der Waals surface area contributed by atoms with E-state index in [1.54, 1.807) is 11.8 Å². The van der Waals surface area contributed by atoms with Gasteiger partial charge in [0.25, 0.3) is 0 Å². The predicted octanol–water partition coefficient (Wildman–Crippen LogP) is 3.96. The number of hydrogen-bond acceptors (Lipinski definition) is 4. The molecule has 158 valence electrons. The molecular weight excluding hydrogens is 394 g/mol. The molecule has 0 unspecified atom stereocenters. The minimum atomic E-state index is -0.378. The third-order valence-electron chi connectivity index (χ3n) is 5.99. The van der Waals surface area contributed by atoms with Crippen LogP contribution in [-0.2, 0) is 16.0 Å². The zero-order chi connectivity index (χ0) is 20.9. The van der Waals surface area contributed by atoms with Crippen molar-refractivity contribution in [2.24, 2.45) is 0 Å². The summed E-state index contributed by atoms with van der Waals surface area (Å²) in [6, 6.07) is 15.6. The van der Waals surface area contributed by atoms with Crippen LogP contribution in [0.25, 0.3) is 0 Å². The molecule has 2 aromatic carbocycles. The monoisotopic (exact) mass is 423 g/mol. The van der Waals surface area contributed by atoms with Gasteiger partial charge in [-0.05, 0) is 61.3 Å². The van der Waals surface area contributed by atoms with Crippen LogP contribution in [0.3, 0.4) is 0 Å². The zero-order valence-corrected chi connectivity index (χ0v) is 18.3. The molecule has 1 N–H and O–H groups in total. The van der Waals surface area contributed by atoms with Crippen molar-refractivity contribution < 1.29 is 9.59 Å². The maximum atomic E-state index is 13.5. The summed E-state index contributed by atoms with van der Waals surface area (Å²) in [7, 11) is 0. The average molecular weight is 424 g/mol. The Morgan fingerprint density at radius 3 is 2.63 bits per heavy atom. The third-order valence-corrected chi connectivity index (χ3v) is 6.71. The van der Waals surface area contributed by atoms with Crippen molar-refractivity contribution in [3.05, 3.63) is 59.7 Å². The fourth-order valence-electron chi connectivity index (χ4n) is 4.45. The van der Waals surface area contributed by atoms with Gasteiger partial charge in [0.2, 0.25) is 11.8 Å². The molecule has 0 aliphatic carbocycles. The molecule has 2 heterocycles. The van der Waals surface area contributed by atoms with E-state index >= 15 is 0 Å². The summed E-state index contributed by atoms with van der Waals surface area (Å²) < 4.78 is 0. The molecule has 30 heavy (non-hydrogen) atoms. The molecule has 1 fully saturated rings. The zero-order valence-electron chi connectivity index (χ0n) is 17.5. The number of nitrogens with one attached hydrogen (secondary N) is 1. The van der Waals surface area contributed by atoms with Crippen LogP contribution in [0.15, 0.2) is 53.4 Å². The summed E-state index contributed by atoms with van der Waals surface area (Å²) >= 11 is 1.65. The highest BCUT2D eigenvalue weighted by atomic mass is 32.2. The van der Waals surface area contributed by atoms with E-state index < -0.39 is 0 Å². The molecule has 2 aliphatic heterocycles. The second kappa shape index (κ2) is 9.67. The number of amides is 2. The smallest absolute Gasteiger partial charge is 0.244 e. The molecule has 2 amide bonds. The van der Waals surface area contributed by atoms with Gasteiger partial charge < -0.3 is 10.2 Å². The van der Waals surface area contributed by atoms with Crippen LogP contribution < -0.4 is 5.32 Å². The van der Waals surface area contributed by atoms with Crippen molar-refractivity contribution >= 4 is 29.3 Å². The molecule has 0 spiro atoms. The van der Waals surface area contributed by atoms with Crippen LogP contribution in [0.2, 0.25) is 0 Å². The number of rotatable bonds is 5. The fourth-order valence-corrected chi connectivity index (χ4v) is 4.91. The van der Waals surface area contributed by atoms with Gasteiger partial charge in [0.15, 0.2) is 0 Å². The summed E-state index contributed by atoms with van der Waals surface area (Å²) in [6.45, 7) is 2.56. The second-order valence-electron chi connectivity index (χ2n) is 7.99. The number of piperidine rings is 1. The summed E-state index contributed by atoms with van der Waals surface area (Å²) in [6.07, 6.45) is 6.18. The van der Waals surface area contributed by atoms with E-state index in [0.717, 1.165) is 48.5 Å². The second-order valence-corrected chi connectivity index (χ2v) is 8.87. The number of thioether (sulfide) groups is 1. The minimum Gasteiger partial charge on any atom is -0.341 e. The number of carbonyl (C=O) groups is 2. The standard InChI is InChI=1S/C24H29N3O2S/c1-30-20-10-7-9-19(16-20)25-22(28)17-27-15-12-18-8-3-4-11-21(18)23(27)24(29)26-13-5-2-6-14-26/h3-4,7-11,16,23H,2,5-6,12-15,17H2,1H3,(H,25,28)/t23-/m0/s1. The van der Waals surface area contributed by atoms with Gasteiger partial charge in [-0.1, -0.05) is 30.3 Å². The summed E-state index contributed by atoms with van der Waals surface area (Å²) in [5.74, 6) is 0.0584. The van der Waals surface area contributed by atoms with Crippen LogP contribution in [0.5, 0.6) is 0 Å². The van der Waals surface area contributed by atoms with E-state index in [1.807, 2.05) is 58.5 Å². The number of nitrogens with zero attached hydrogens (tertiary/aromatic N) is 2. The molecule has 1 saturated heterocycles. The highest BCUT2D eigenvalue weighted by molar-refractivity contribution is 7.98. The Kier molecular flexibility index (Phi) is 6.75. The maximum Gasteiger partial charge on any atom is 0.244 e. The molecule has 0 radical (unpaired) electrons. The van der Waals surface area contributed by atoms with E-state index in [4.69, 9.17) is 0 Å². The lowest BCUT2D eigenvalue weighted by Gasteiger charge is -2.39. The van der Waals surface area contributed by atoms with Crippen LogP contribution in [0.4, 0.5) is 5.69 Å². The first-order valence-corrected chi connectivity index (χ1v) is 11.9. The van der Waals surface area contributed by atoms with Crippen LogP contribution >= 0.6 is 11.8 Å². The van der Waals surface area contributed by atoms with E-state index in [0.29, 0.717) is 6.54 Å². The van der Waals surface area contributed by atoms with E-state index in [9.17, 15) is 9.59 Å². The number of benzene rings is 2. The minimum absolute atomic E-state index is 0.0796. The van der Waals surface area contributed by atoms with Crippen LogP contribution in [0, 0.1) is 0 Å². The van der Waals surface area contributed by atoms with Gasteiger partial charge in [-0.3, -0.25) is 14.5 Å². The molecule has 0 bridgehead atoms. The van der Waals surface area contributed by atoms with Crippen molar-refractivity contribution in [1.82, 2.24) is 9.80 Å². The highest BCUT2D eigenvalue weighted by Gasteiger charge is 2.36. The highest BCUT2D eigenvalue weighted by Crippen LogP contribution is 2.32. The van der Waals surface area contributed by atoms with Gasteiger partial charge in [-0.15, -0.1) is 11.8 Å². The van der Waals surface area contributed by atoms with Crippen molar-refractivity contribution in [3.63, 3.8) is 0 Å². The van der Waals surface area contributed by atoms with Crippen molar-refractivity contribution in [3.8, 4) is 0 Å². The Bertz CT molecular complexity index is 911. The Morgan fingerprint density at radius 1 is 1.03 bits per heavy atom. The van der Waals surface area contributed by atoms with Gasteiger partial charge in [0.1, 0.15) is 6.04 Å². The Balaban J connectivity index is 1.53. The number of fused-ring (bicyclic) bond motifs is 1. The fraction of sp³-hybridized carbons (Fsp3) is 0.417. The number of hydrogen-bond donors (Lipinski definition) is 1. The van der Waals surface area contributed by atoms with Crippen molar-refractivity contribution in [2.45, 2.75) is 36.6 Å². The normalized spacial score (nSPS) is 19.2. The first kappa shape index (κ1) is 20.9. The number of likely N-dealkylation sites (tertiary alicyclic amines) is 1.